The van der Waals surface area contributed by atoms with Gasteiger partial charge in [0.2, 0.25) is 0 Å². The molecule has 1 rings (SSSR count). The predicted octanol–water partition coefficient (Wildman–Crippen LogP) is 2.41. The number of benzene rings is 1. The van der Waals surface area contributed by atoms with Gasteiger partial charge in [-0.15, -0.1) is 0 Å². The molecule has 0 radical (unpaired) electrons. The highest BCUT2D eigenvalue weighted by Gasteiger charge is 2.13. The first-order valence-electron chi connectivity index (χ1n) is 6.92. The number of rotatable bonds is 7. The molecule has 0 saturated carbocycles. The number of nitrogens with zero attached hydrogens (tertiary/aromatic N) is 2. The van der Waals surface area contributed by atoms with Gasteiger partial charge in [-0.05, 0) is 44.5 Å². The van der Waals surface area contributed by atoms with E-state index in [-0.39, 0.29) is 5.84 Å². The largest absolute Gasteiger partial charge is 0.496 e. The Morgan fingerprint density at radius 3 is 2.65 bits per heavy atom. The van der Waals surface area contributed by atoms with Crippen molar-refractivity contribution in [2.45, 2.75) is 39.8 Å². The van der Waals surface area contributed by atoms with Crippen LogP contribution in [-0.4, -0.2) is 35.6 Å². The lowest BCUT2D eigenvalue weighted by molar-refractivity contribution is 0.213. The first-order chi connectivity index (χ1) is 9.53. The molecule has 0 atom stereocenters. The van der Waals surface area contributed by atoms with Gasteiger partial charge in [0.25, 0.3) is 0 Å². The van der Waals surface area contributed by atoms with E-state index in [2.05, 4.69) is 30.8 Å². The summed E-state index contributed by atoms with van der Waals surface area (Å²) < 4.78 is 5.24. The zero-order valence-electron chi connectivity index (χ0n) is 12.8. The molecule has 0 aromatic heterocycles. The molecule has 5 heteroatoms. The Kier molecular flexibility index (Phi) is 6.31. The van der Waals surface area contributed by atoms with Gasteiger partial charge < -0.3 is 15.7 Å². The van der Waals surface area contributed by atoms with Gasteiger partial charge in [-0.3, -0.25) is 4.90 Å². The van der Waals surface area contributed by atoms with Crippen molar-refractivity contribution >= 4 is 5.84 Å². The van der Waals surface area contributed by atoms with Crippen LogP contribution in [0.2, 0.25) is 0 Å². The van der Waals surface area contributed by atoms with Crippen LogP contribution in [0, 0.1) is 0 Å². The van der Waals surface area contributed by atoms with E-state index in [0.29, 0.717) is 17.4 Å². The third-order valence-electron chi connectivity index (χ3n) is 3.27. The molecule has 0 fully saturated rings. The lowest BCUT2D eigenvalue weighted by atomic mass is 10.1. The summed E-state index contributed by atoms with van der Waals surface area (Å²) >= 11 is 0. The molecule has 1 aromatic rings. The molecule has 0 aliphatic carbocycles. The van der Waals surface area contributed by atoms with E-state index < -0.39 is 0 Å². The Morgan fingerprint density at radius 1 is 1.45 bits per heavy atom. The van der Waals surface area contributed by atoms with Gasteiger partial charge in [-0.2, -0.15) is 0 Å². The maximum absolute atomic E-state index is 8.85. The number of nitrogens with two attached hydrogens (primary N) is 1. The van der Waals surface area contributed by atoms with Crippen LogP contribution in [0.25, 0.3) is 0 Å². The molecule has 0 unspecified atom stereocenters. The van der Waals surface area contributed by atoms with Crippen LogP contribution in [0.1, 0.15) is 38.3 Å². The quantitative estimate of drug-likeness (QED) is 0.348. The number of hydrogen-bond donors (Lipinski definition) is 2. The summed E-state index contributed by atoms with van der Waals surface area (Å²) in [5.74, 6) is 0.672. The lowest BCUT2D eigenvalue weighted by Gasteiger charge is -2.26. The summed E-state index contributed by atoms with van der Waals surface area (Å²) in [4.78, 5) is 2.39. The maximum Gasteiger partial charge on any atom is 0.173 e. The average molecular weight is 279 g/mol. The zero-order chi connectivity index (χ0) is 15.1. The highest BCUT2D eigenvalue weighted by Crippen LogP contribution is 2.21. The minimum absolute atomic E-state index is 0.0651. The molecule has 5 nitrogen and oxygen atoms in total. The zero-order valence-corrected chi connectivity index (χ0v) is 12.8. The molecular weight excluding hydrogens is 254 g/mol. The van der Waals surface area contributed by atoms with E-state index in [1.54, 1.807) is 7.11 Å². The molecular formula is C15H25N3O2. The molecule has 1 aromatic carbocycles. The fourth-order valence-corrected chi connectivity index (χ4v) is 2.15. The molecule has 0 spiro atoms. The molecule has 112 valence electrons. The minimum atomic E-state index is 0.0651. The van der Waals surface area contributed by atoms with Crippen molar-refractivity contribution in [3.05, 3.63) is 29.3 Å². The monoisotopic (exact) mass is 279 g/mol. The second-order valence-corrected chi connectivity index (χ2v) is 5.08. The van der Waals surface area contributed by atoms with Gasteiger partial charge in [-0.25, -0.2) is 0 Å². The van der Waals surface area contributed by atoms with Crippen molar-refractivity contribution in [1.29, 1.82) is 0 Å². The van der Waals surface area contributed by atoms with Crippen LogP contribution in [-0.2, 0) is 6.54 Å². The topological polar surface area (TPSA) is 71.1 Å². The van der Waals surface area contributed by atoms with E-state index in [0.717, 1.165) is 25.1 Å². The smallest absolute Gasteiger partial charge is 0.173 e. The molecule has 20 heavy (non-hydrogen) atoms. The maximum atomic E-state index is 8.85. The molecule has 0 saturated heterocycles. The fourth-order valence-electron chi connectivity index (χ4n) is 2.15. The third-order valence-corrected chi connectivity index (χ3v) is 3.27. The number of ether oxygens (including phenoxy) is 1. The minimum Gasteiger partial charge on any atom is -0.496 e. The van der Waals surface area contributed by atoms with Crippen LogP contribution in [0.5, 0.6) is 5.75 Å². The summed E-state index contributed by atoms with van der Waals surface area (Å²) in [6.07, 6.45) is 1.11. The third kappa shape index (κ3) is 4.13. The van der Waals surface area contributed by atoms with Gasteiger partial charge >= 0.3 is 0 Å². The summed E-state index contributed by atoms with van der Waals surface area (Å²) in [5, 5.41) is 11.9. The normalized spacial score (nSPS) is 12.2. The number of methoxy groups -OCH3 is 1. The Labute approximate surface area is 121 Å². The first-order valence-corrected chi connectivity index (χ1v) is 6.92. The molecule has 0 amide bonds. The number of oxime groups is 1. The summed E-state index contributed by atoms with van der Waals surface area (Å²) in [7, 11) is 1.57. The van der Waals surface area contributed by atoms with Crippen LogP contribution < -0.4 is 10.5 Å². The van der Waals surface area contributed by atoms with Gasteiger partial charge in [0.05, 0.1) is 12.7 Å². The summed E-state index contributed by atoms with van der Waals surface area (Å²) in [6, 6.07) is 6.26. The Balaban J connectivity index is 3.02. The first kappa shape index (κ1) is 16.3. The van der Waals surface area contributed by atoms with E-state index >= 15 is 0 Å². The second-order valence-electron chi connectivity index (χ2n) is 5.08. The fraction of sp³-hybridized carbons (Fsp3) is 0.533. The van der Waals surface area contributed by atoms with Gasteiger partial charge in [0.15, 0.2) is 5.84 Å². The summed E-state index contributed by atoms with van der Waals surface area (Å²) in [5.41, 5.74) is 7.43. The average Bonchev–Trinajstić information content (AvgIpc) is 2.45. The molecule has 3 N–H and O–H groups in total. The summed E-state index contributed by atoms with van der Waals surface area (Å²) in [6.45, 7) is 8.42. The van der Waals surface area contributed by atoms with E-state index in [4.69, 9.17) is 15.7 Å². The second kappa shape index (κ2) is 7.75. The van der Waals surface area contributed by atoms with Crippen molar-refractivity contribution in [3.8, 4) is 5.75 Å². The van der Waals surface area contributed by atoms with Crippen molar-refractivity contribution < 1.29 is 9.94 Å². The molecule has 0 aliphatic heterocycles. The number of amidine groups is 1. The predicted molar refractivity (Wildman–Crippen MR) is 81.3 cm³/mol. The van der Waals surface area contributed by atoms with Crippen LogP contribution in [0.3, 0.4) is 0 Å². The highest BCUT2D eigenvalue weighted by atomic mass is 16.5. The van der Waals surface area contributed by atoms with Crippen LogP contribution in [0.4, 0.5) is 0 Å². The Morgan fingerprint density at radius 2 is 2.15 bits per heavy atom. The van der Waals surface area contributed by atoms with Crippen molar-refractivity contribution in [2.75, 3.05) is 13.7 Å². The lowest BCUT2D eigenvalue weighted by Crippen LogP contribution is -2.31. The van der Waals surface area contributed by atoms with Crippen LogP contribution >= 0.6 is 0 Å². The van der Waals surface area contributed by atoms with Gasteiger partial charge in [0, 0.05) is 12.6 Å². The highest BCUT2D eigenvalue weighted by molar-refractivity contribution is 5.99. The van der Waals surface area contributed by atoms with Gasteiger partial charge in [0.1, 0.15) is 5.75 Å². The van der Waals surface area contributed by atoms with E-state index in [9.17, 15) is 0 Å². The van der Waals surface area contributed by atoms with Crippen molar-refractivity contribution in [3.63, 3.8) is 0 Å². The van der Waals surface area contributed by atoms with E-state index in [1.165, 1.54) is 0 Å². The molecule has 0 aliphatic rings. The molecule has 0 heterocycles. The van der Waals surface area contributed by atoms with Crippen LogP contribution in [0.15, 0.2) is 23.4 Å². The standard InChI is InChI=1S/C15H25N3O2/c1-5-8-18(11(2)3)10-12-6-7-14(20-4)13(9-12)15(16)17-19/h6-7,9,11,19H,5,8,10H2,1-4H3,(H2,16,17). The van der Waals surface area contributed by atoms with E-state index in [1.807, 2.05) is 18.2 Å². The van der Waals surface area contributed by atoms with Crippen molar-refractivity contribution in [1.82, 2.24) is 4.90 Å². The van der Waals surface area contributed by atoms with Crippen molar-refractivity contribution in [2.24, 2.45) is 10.9 Å². The van der Waals surface area contributed by atoms with Gasteiger partial charge in [-0.1, -0.05) is 18.1 Å². The molecule has 0 bridgehead atoms. The Hall–Kier alpha value is -1.75. The SMILES string of the molecule is CCCN(Cc1ccc(OC)c(C(N)=NO)c1)C(C)C. The Bertz CT molecular complexity index is 458. The number of hydrogen-bond acceptors (Lipinski definition) is 4.